The number of nitrogens with one attached hydrogen (secondary N) is 1. The summed E-state index contributed by atoms with van der Waals surface area (Å²) >= 11 is 0. The van der Waals surface area contributed by atoms with Gasteiger partial charge in [0.25, 0.3) is 0 Å². The highest BCUT2D eigenvalue weighted by molar-refractivity contribution is 5.95. The third-order valence-corrected chi connectivity index (χ3v) is 2.89. The fraction of sp³-hybridized carbons (Fsp3) is 0.0769. The minimum absolute atomic E-state index is 0.202. The zero-order valence-corrected chi connectivity index (χ0v) is 9.71. The van der Waals surface area contributed by atoms with Crippen LogP contribution in [0.25, 0.3) is 22.0 Å². The van der Waals surface area contributed by atoms with Gasteiger partial charge in [-0.25, -0.2) is 4.79 Å². The van der Waals surface area contributed by atoms with Crippen molar-refractivity contribution in [3.05, 3.63) is 42.4 Å². The number of rotatable bonds is 2. The molecule has 0 fully saturated rings. The first-order chi connectivity index (χ1) is 8.63. The quantitative estimate of drug-likeness (QED) is 0.723. The zero-order chi connectivity index (χ0) is 12.7. The summed E-state index contributed by atoms with van der Waals surface area (Å²) in [5.41, 5.74) is 3.05. The molecule has 0 aliphatic carbocycles. The van der Waals surface area contributed by atoms with Crippen molar-refractivity contribution < 1.29 is 9.90 Å². The monoisotopic (exact) mass is 241 g/mol. The van der Waals surface area contributed by atoms with Crippen LogP contribution in [0.4, 0.5) is 0 Å². The molecule has 0 radical (unpaired) electrons. The standard InChI is InChI=1S/C13H11N3O2/c1-16-7-10(6-14-16)8-2-3-11-9(4-8)5-12(15-11)13(17)18/h2-7,15H,1H3,(H,17,18). The summed E-state index contributed by atoms with van der Waals surface area (Å²) in [6.45, 7) is 0. The predicted molar refractivity (Wildman–Crippen MR) is 67.5 cm³/mol. The van der Waals surface area contributed by atoms with Crippen molar-refractivity contribution in [1.29, 1.82) is 0 Å². The Hall–Kier alpha value is -2.56. The van der Waals surface area contributed by atoms with Crippen LogP contribution in [0.1, 0.15) is 10.5 Å². The summed E-state index contributed by atoms with van der Waals surface area (Å²) in [5, 5.41) is 13.9. The van der Waals surface area contributed by atoms with E-state index < -0.39 is 5.97 Å². The predicted octanol–water partition coefficient (Wildman–Crippen LogP) is 2.27. The van der Waals surface area contributed by atoms with Gasteiger partial charge in [0.1, 0.15) is 5.69 Å². The number of hydrogen-bond donors (Lipinski definition) is 2. The van der Waals surface area contributed by atoms with Crippen molar-refractivity contribution >= 4 is 16.9 Å². The second kappa shape index (κ2) is 3.73. The van der Waals surface area contributed by atoms with Crippen LogP contribution < -0.4 is 0 Å². The lowest BCUT2D eigenvalue weighted by atomic mass is 10.1. The molecular weight excluding hydrogens is 230 g/mol. The molecule has 3 aromatic rings. The summed E-state index contributed by atoms with van der Waals surface area (Å²) in [5.74, 6) is -0.950. The molecule has 5 heteroatoms. The van der Waals surface area contributed by atoms with Crippen LogP contribution in [-0.4, -0.2) is 25.8 Å². The number of carboxylic acids is 1. The highest BCUT2D eigenvalue weighted by Gasteiger charge is 2.08. The first-order valence-corrected chi connectivity index (χ1v) is 5.48. The van der Waals surface area contributed by atoms with Crippen molar-refractivity contribution in [2.45, 2.75) is 0 Å². The van der Waals surface area contributed by atoms with Crippen LogP contribution >= 0.6 is 0 Å². The largest absolute Gasteiger partial charge is 0.477 e. The van der Waals surface area contributed by atoms with E-state index in [0.717, 1.165) is 22.0 Å². The molecule has 0 aliphatic rings. The molecule has 18 heavy (non-hydrogen) atoms. The Morgan fingerprint density at radius 2 is 2.17 bits per heavy atom. The molecule has 0 aliphatic heterocycles. The number of fused-ring (bicyclic) bond motifs is 1. The van der Waals surface area contributed by atoms with Crippen LogP contribution in [0, 0.1) is 0 Å². The SMILES string of the molecule is Cn1cc(-c2ccc3[nH]c(C(=O)O)cc3c2)cn1. The van der Waals surface area contributed by atoms with Gasteiger partial charge in [0, 0.05) is 29.7 Å². The van der Waals surface area contributed by atoms with Crippen LogP contribution in [0.5, 0.6) is 0 Å². The Kier molecular flexibility index (Phi) is 2.19. The fourth-order valence-corrected chi connectivity index (χ4v) is 2.00. The summed E-state index contributed by atoms with van der Waals surface area (Å²) in [6, 6.07) is 7.42. The van der Waals surface area contributed by atoms with Crippen LogP contribution in [0.3, 0.4) is 0 Å². The molecule has 0 spiro atoms. The molecule has 2 aromatic heterocycles. The number of benzene rings is 1. The van der Waals surface area contributed by atoms with E-state index in [1.165, 1.54) is 0 Å². The first kappa shape index (κ1) is 10.6. The number of carbonyl (C=O) groups is 1. The van der Waals surface area contributed by atoms with Crippen LogP contribution in [-0.2, 0) is 7.05 Å². The van der Waals surface area contributed by atoms with E-state index in [9.17, 15) is 4.79 Å². The third-order valence-electron chi connectivity index (χ3n) is 2.89. The molecule has 0 saturated heterocycles. The second-order valence-electron chi connectivity index (χ2n) is 4.19. The van der Waals surface area contributed by atoms with Crippen molar-refractivity contribution in [3.8, 4) is 11.1 Å². The lowest BCUT2D eigenvalue weighted by Gasteiger charge is -1.97. The van der Waals surface area contributed by atoms with Crippen molar-refractivity contribution in [3.63, 3.8) is 0 Å². The molecule has 0 saturated carbocycles. The van der Waals surface area contributed by atoms with Gasteiger partial charge in [-0.3, -0.25) is 4.68 Å². The maximum Gasteiger partial charge on any atom is 0.352 e. The van der Waals surface area contributed by atoms with E-state index in [-0.39, 0.29) is 5.69 Å². The van der Waals surface area contributed by atoms with Crippen molar-refractivity contribution in [1.82, 2.24) is 14.8 Å². The average Bonchev–Trinajstić information content (AvgIpc) is 2.93. The number of nitrogens with zero attached hydrogens (tertiary/aromatic N) is 2. The Balaban J connectivity index is 2.13. The number of aromatic carboxylic acids is 1. The zero-order valence-electron chi connectivity index (χ0n) is 9.71. The van der Waals surface area contributed by atoms with Gasteiger partial charge in [0.2, 0.25) is 0 Å². The Morgan fingerprint density at radius 3 is 2.83 bits per heavy atom. The van der Waals surface area contributed by atoms with Gasteiger partial charge in [-0.15, -0.1) is 0 Å². The van der Waals surface area contributed by atoms with Gasteiger partial charge in [-0.05, 0) is 23.8 Å². The number of aryl methyl sites for hydroxylation is 1. The van der Waals surface area contributed by atoms with Gasteiger partial charge < -0.3 is 10.1 Å². The number of aromatic nitrogens is 3. The summed E-state index contributed by atoms with van der Waals surface area (Å²) in [6.07, 6.45) is 3.71. The molecule has 1 aromatic carbocycles. The molecule has 0 unspecified atom stereocenters. The molecule has 2 heterocycles. The van der Waals surface area contributed by atoms with Crippen molar-refractivity contribution in [2.75, 3.05) is 0 Å². The van der Waals surface area contributed by atoms with Crippen LogP contribution in [0.2, 0.25) is 0 Å². The molecule has 5 nitrogen and oxygen atoms in total. The number of H-pyrrole nitrogens is 1. The van der Waals surface area contributed by atoms with E-state index in [1.807, 2.05) is 31.4 Å². The van der Waals surface area contributed by atoms with E-state index >= 15 is 0 Å². The number of aromatic amines is 1. The van der Waals surface area contributed by atoms with Gasteiger partial charge in [-0.2, -0.15) is 5.10 Å². The lowest BCUT2D eigenvalue weighted by Crippen LogP contribution is -1.94. The Morgan fingerprint density at radius 1 is 1.33 bits per heavy atom. The second-order valence-corrected chi connectivity index (χ2v) is 4.19. The average molecular weight is 241 g/mol. The highest BCUT2D eigenvalue weighted by atomic mass is 16.4. The minimum Gasteiger partial charge on any atom is -0.477 e. The van der Waals surface area contributed by atoms with Gasteiger partial charge in [0.15, 0.2) is 0 Å². The highest BCUT2D eigenvalue weighted by Crippen LogP contribution is 2.24. The topological polar surface area (TPSA) is 70.9 Å². The fourth-order valence-electron chi connectivity index (χ4n) is 2.00. The van der Waals surface area contributed by atoms with Crippen LogP contribution in [0.15, 0.2) is 36.7 Å². The Labute approximate surface area is 103 Å². The molecule has 0 amide bonds. The molecular formula is C13H11N3O2. The third kappa shape index (κ3) is 1.66. The molecule has 90 valence electrons. The molecule has 0 bridgehead atoms. The summed E-state index contributed by atoms with van der Waals surface area (Å²) < 4.78 is 1.74. The van der Waals surface area contributed by atoms with E-state index in [4.69, 9.17) is 5.11 Å². The minimum atomic E-state index is -0.950. The number of carboxylic acid groups (broad SMARTS) is 1. The van der Waals surface area contributed by atoms with Gasteiger partial charge in [-0.1, -0.05) is 6.07 Å². The smallest absolute Gasteiger partial charge is 0.352 e. The maximum absolute atomic E-state index is 10.9. The summed E-state index contributed by atoms with van der Waals surface area (Å²) in [4.78, 5) is 13.7. The van der Waals surface area contributed by atoms with Gasteiger partial charge >= 0.3 is 5.97 Å². The van der Waals surface area contributed by atoms with Gasteiger partial charge in [0.05, 0.1) is 6.20 Å². The van der Waals surface area contributed by atoms with Crippen molar-refractivity contribution in [2.24, 2.45) is 7.05 Å². The number of hydrogen-bond acceptors (Lipinski definition) is 2. The lowest BCUT2D eigenvalue weighted by molar-refractivity contribution is 0.0691. The molecule has 2 N–H and O–H groups in total. The van der Waals surface area contributed by atoms with E-state index in [2.05, 4.69) is 10.1 Å². The Bertz CT molecular complexity index is 740. The normalized spacial score (nSPS) is 10.9. The van der Waals surface area contributed by atoms with E-state index in [1.54, 1.807) is 16.9 Å². The molecule has 3 rings (SSSR count). The summed E-state index contributed by atoms with van der Waals surface area (Å²) in [7, 11) is 1.86. The molecule has 0 atom stereocenters. The first-order valence-electron chi connectivity index (χ1n) is 5.48. The van der Waals surface area contributed by atoms with E-state index in [0.29, 0.717) is 0 Å². The maximum atomic E-state index is 10.9.